The Hall–Kier alpha value is -2.62. The number of hydrogen-bond acceptors (Lipinski definition) is 6. The van der Waals surface area contributed by atoms with Gasteiger partial charge in [-0.2, -0.15) is 0 Å². The van der Waals surface area contributed by atoms with E-state index in [0.29, 0.717) is 37.7 Å². The predicted octanol–water partition coefficient (Wildman–Crippen LogP) is 4.40. The van der Waals surface area contributed by atoms with Gasteiger partial charge in [0.15, 0.2) is 0 Å². The number of ether oxygens (including phenoxy) is 1. The molecule has 7 nitrogen and oxygen atoms in total. The van der Waals surface area contributed by atoms with Crippen LogP contribution in [-0.4, -0.2) is 53.7 Å². The Kier molecular flexibility index (Phi) is 9.33. The lowest BCUT2D eigenvalue weighted by atomic mass is 10.1. The highest BCUT2D eigenvalue weighted by Gasteiger charge is 2.16. The Bertz CT molecular complexity index is 1010. The van der Waals surface area contributed by atoms with Gasteiger partial charge in [-0.3, -0.25) is 9.59 Å². The smallest absolute Gasteiger partial charge is 0.227 e. The molecule has 2 amide bonds. The van der Waals surface area contributed by atoms with Crippen molar-refractivity contribution >= 4 is 44.2 Å². The van der Waals surface area contributed by atoms with Crippen LogP contribution in [0.2, 0.25) is 0 Å². The number of benzene rings is 2. The van der Waals surface area contributed by atoms with E-state index in [9.17, 15) is 9.59 Å². The molecule has 0 unspecified atom stereocenters. The van der Waals surface area contributed by atoms with E-state index in [-0.39, 0.29) is 18.2 Å². The van der Waals surface area contributed by atoms with Gasteiger partial charge in [-0.15, -0.1) is 10.2 Å². The fourth-order valence-electron chi connectivity index (χ4n) is 3.02. The van der Waals surface area contributed by atoms with Crippen molar-refractivity contribution in [2.75, 3.05) is 32.1 Å². The van der Waals surface area contributed by atoms with Crippen LogP contribution >= 0.6 is 27.3 Å². The topological polar surface area (TPSA) is 84.4 Å². The third-order valence-corrected chi connectivity index (χ3v) is 6.18. The molecule has 0 bridgehead atoms. The third-order valence-electron chi connectivity index (χ3n) is 4.76. The quantitative estimate of drug-likeness (QED) is 0.408. The van der Waals surface area contributed by atoms with Gasteiger partial charge in [0, 0.05) is 43.1 Å². The average Bonchev–Trinajstić information content (AvgIpc) is 3.27. The SMILES string of the molecule is COCCN(CCC(=O)Nc1nnc(-c2ccc(Br)cc2)s1)C(=O)CCc1ccccc1. The molecule has 1 heterocycles. The normalized spacial score (nSPS) is 10.7. The molecular formula is C23H25BrN4O3S. The molecule has 0 saturated heterocycles. The number of nitrogens with one attached hydrogen (secondary N) is 1. The molecule has 0 radical (unpaired) electrons. The van der Waals surface area contributed by atoms with E-state index in [1.165, 1.54) is 11.3 Å². The van der Waals surface area contributed by atoms with Crippen LogP contribution in [0, 0.1) is 0 Å². The van der Waals surface area contributed by atoms with Crippen molar-refractivity contribution in [3.05, 3.63) is 64.6 Å². The Balaban J connectivity index is 1.51. The lowest BCUT2D eigenvalue weighted by Gasteiger charge is -2.22. The number of amides is 2. The number of carbonyl (C=O) groups is 2. The highest BCUT2D eigenvalue weighted by molar-refractivity contribution is 9.10. The summed E-state index contributed by atoms with van der Waals surface area (Å²) in [5, 5.41) is 12.1. The van der Waals surface area contributed by atoms with Gasteiger partial charge in [0.1, 0.15) is 5.01 Å². The molecule has 3 aromatic rings. The number of hydrogen-bond donors (Lipinski definition) is 1. The number of halogens is 1. The van der Waals surface area contributed by atoms with Gasteiger partial charge in [-0.1, -0.05) is 69.7 Å². The van der Waals surface area contributed by atoms with Gasteiger partial charge in [0.25, 0.3) is 0 Å². The van der Waals surface area contributed by atoms with Crippen LogP contribution in [0.3, 0.4) is 0 Å². The summed E-state index contributed by atoms with van der Waals surface area (Å²) in [5.41, 5.74) is 2.05. The second-order valence-corrected chi connectivity index (χ2v) is 8.97. The van der Waals surface area contributed by atoms with E-state index in [4.69, 9.17) is 4.74 Å². The summed E-state index contributed by atoms with van der Waals surface area (Å²) in [6.45, 7) is 1.19. The number of aromatic nitrogens is 2. The molecule has 9 heteroatoms. The van der Waals surface area contributed by atoms with E-state index in [0.717, 1.165) is 20.6 Å². The maximum atomic E-state index is 12.7. The summed E-state index contributed by atoms with van der Waals surface area (Å²) in [4.78, 5) is 26.8. The maximum absolute atomic E-state index is 12.7. The first kappa shape index (κ1) is 24.0. The van der Waals surface area contributed by atoms with Crippen LogP contribution < -0.4 is 5.32 Å². The second kappa shape index (κ2) is 12.4. The summed E-state index contributed by atoms with van der Waals surface area (Å²) in [5.74, 6) is -0.200. The molecule has 2 aromatic carbocycles. The van der Waals surface area contributed by atoms with E-state index >= 15 is 0 Å². The zero-order chi connectivity index (χ0) is 22.8. The summed E-state index contributed by atoms with van der Waals surface area (Å²) >= 11 is 4.72. The number of anilines is 1. The molecule has 0 fully saturated rings. The van der Waals surface area contributed by atoms with Crippen molar-refractivity contribution in [2.24, 2.45) is 0 Å². The molecule has 0 aliphatic rings. The van der Waals surface area contributed by atoms with Gasteiger partial charge >= 0.3 is 0 Å². The predicted molar refractivity (Wildman–Crippen MR) is 130 cm³/mol. The second-order valence-electron chi connectivity index (χ2n) is 7.08. The number of rotatable bonds is 11. The van der Waals surface area contributed by atoms with E-state index in [1.54, 1.807) is 12.0 Å². The molecule has 1 N–H and O–H groups in total. The molecule has 3 rings (SSSR count). The van der Waals surface area contributed by atoms with Crippen LogP contribution in [0.4, 0.5) is 5.13 Å². The van der Waals surface area contributed by atoms with Crippen molar-refractivity contribution in [1.29, 1.82) is 0 Å². The van der Waals surface area contributed by atoms with Gasteiger partial charge in [-0.05, 0) is 24.1 Å². The number of aryl methyl sites for hydroxylation is 1. The minimum absolute atomic E-state index is 0.00661. The van der Waals surface area contributed by atoms with Crippen molar-refractivity contribution in [3.8, 4) is 10.6 Å². The summed E-state index contributed by atoms with van der Waals surface area (Å²) < 4.78 is 6.11. The zero-order valence-corrected chi connectivity index (χ0v) is 20.2. The summed E-state index contributed by atoms with van der Waals surface area (Å²) in [6, 6.07) is 17.6. The average molecular weight is 517 g/mol. The number of methoxy groups -OCH3 is 1. The molecule has 0 atom stereocenters. The molecular weight excluding hydrogens is 492 g/mol. The molecule has 1 aromatic heterocycles. The van der Waals surface area contributed by atoms with Crippen molar-refractivity contribution in [2.45, 2.75) is 19.3 Å². The Morgan fingerprint density at radius 1 is 1.03 bits per heavy atom. The van der Waals surface area contributed by atoms with Crippen LogP contribution in [0.15, 0.2) is 59.1 Å². The Morgan fingerprint density at radius 3 is 2.50 bits per heavy atom. The van der Waals surface area contributed by atoms with Gasteiger partial charge in [-0.25, -0.2) is 0 Å². The van der Waals surface area contributed by atoms with Crippen LogP contribution in [0.1, 0.15) is 18.4 Å². The fourth-order valence-corrected chi connectivity index (χ4v) is 4.05. The lowest BCUT2D eigenvalue weighted by molar-refractivity contribution is -0.132. The highest BCUT2D eigenvalue weighted by atomic mass is 79.9. The molecule has 0 aliphatic heterocycles. The minimum atomic E-state index is -0.207. The largest absolute Gasteiger partial charge is 0.383 e. The molecule has 0 spiro atoms. The van der Waals surface area contributed by atoms with E-state index < -0.39 is 0 Å². The highest BCUT2D eigenvalue weighted by Crippen LogP contribution is 2.27. The molecule has 0 saturated carbocycles. The van der Waals surface area contributed by atoms with E-state index in [1.807, 2.05) is 54.6 Å². The maximum Gasteiger partial charge on any atom is 0.227 e. The van der Waals surface area contributed by atoms with Crippen molar-refractivity contribution in [1.82, 2.24) is 15.1 Å². The zero-order valence-electron chi connectivity index (χ0n) is 17.8. The Labute approximate surface area is 199 Å². The fraction of sp³-hybridized carbons (Fsp3) is 0.304. The first-order valence-corrected chi connectivity index (χ1v) is 11.9. The number of carbonyl (C=O) groups excluding carboxylic acids is 2. The standard InChI is InChI=1S/C23H25BrN4O3S/c1-31-16-15-28(21(30)12-7-17-5-3-2-4-6-17)14-13-20(29)25-23-27-26-22(32-23)18-8-10-19(24)11-9-18/h2-6,8-11H,7,12-16H2,1H3,(H,25,27,29). The summed E-state index contributed by atoms with van der Waals surface area (Å²) in [6.07, 6.45) is 1.23. The van der Waals surface area contributed by atoms with Gasteiger partial charge < -0.3 is 15.0 Å². The lowest BCUT2D eigenvalue weighted by Crippen LogP contribution is -2.36. The Morgan fingerprint density at radius 2 is 1.78 bits per heavy atom. The third kappa shape index (κ3) is 7.51. The van der Waals surface area contributed by atoms with Crippen LogP contribution in [-0.2, 0) is 20.7 Å². The van der Waals surface area contributed by atoms with Crippen LogP contribution in [0.25, 0.3) is 10.6 Å². The first-order chi connectivity index (χ1) is 15.5. The van der Waals surface area contributed by atoms with Crippen molar-refractivity contribution in [3.63, 3.8) is 0 Å². The molecule has 0 aliphatic carbocycles. The van der Waals surface area contributed by atoms with Crippen molar-refractivity contribution < 1.29 is 14.3 Å². The molecule has 168 valence electrons. The van der Waals surface area contributed by atoms with E-state index in [2.05, 4.69) is 31.4 Å². The monoisotopic (exact) mass is 516 g/mol. The van der Waals surface area contributed by atoms with Gasteiger partial charge in [0.2, 0.25) is 16.9 Å². The summed E-state index contributed by atoms with van der Waals surface area (Å²) in [7, 11) is 1.60. The molecule has 32 heavy (non-hydrogen) atoms. The van der Waals surface area contributed by atoms with Crippen LogP contribution in [0.5, 0.6) is 0 Å². The minimum Gasteiger partial charge on any atom is -0.383 e. The number of nitrogens with zero attached hydrogens (tertiary/aromatic N) is 3. The van der Waals surface area contributed by atoms with Gasteiger partial charge in [0.05, 0.1) is 6.61 Å². The first-order valence-electron chi connectivity index (χ1n) is 10.2.